The van der Waals surface area contributed by atoms with Crippen LogP contribution in [0.2, 0.25) is 0 Å². The molecule has 0 radical (unpaired) electrons. The predicted molar refractivity (Wildman–Crippen MR) is 133 cm³/mol. The number of hydrogen-bond acceptors (Lipinski definition) is 3. The van der Waals surface area contributed by atoms with Gasteiger partial charge in [-0.05, 0) is 72.8 Å². The quantitative estimate of drug-likeness (QED) is 0.462. The van der Waals surface area contributed by atoms with Gasteiger partial charge >= 0.3 is 0 Å². The lowest BCUT2D eigenvalue weighted by Crippen LogP contribution is -2.49. The summed E-state index contributed by atoms with van der Waals surface area (Å²) in [5.41, 5.74) is 3.54. The van der Waals surface area contributed by atoms with Crippen molar-refractivity contribution in [3.63, 3.8) is 0 Å². The Morgan fingerprint density at radius 3 is 2.24 bits per heavy atom. The van der Waals surface area contributed by atoms with E-state index in [1.165, 1.54) is 4.90 Å². The molecule has 1 heterocycles. The number of allylic oxidation sites excluding steroid dienone is 2. The molecule has 0 unspecified atom stereocenters. The van der Waals surface area contributed by atoms with Crippen molar-refractivity contribution in [3.05, 3.63) is 75.8 Å². The van der Waals surface area contributed by atoms with Crippen molar-refractivity contribution in [2.45, 2.75) is 32.7 Å². The number of aryl methyl sites for hydroxylation is 2. The molecular formula is C28H27BrN2O3. The lowest BCUT2D eigenvalue weighted by molar-refractivity contribution is -0.146. The SMILES string of the molecule is Cc1cc(NC(=O)[C@H](Cc2ccccc2)N2C(=O)[C@@H]3[C@@H]4C=C[C@H]([C@H]5C[C@H]45)[C@@H]3C2=O)c(C)cc1Br. The molecule has 7 atom stereocenters. The van der Waals surface area contributed by atoms with Crippen molar-refractivity contribution in [2.24, 2.45) is 35.5 Å². The molecule has 2 aromatic rings. The number of amides is 3. The van der Waals surface area contributed by atoms with Crippen LogP contribution < -0.4 is 5.32 Å². The molecule has 174 valence electrons. The topological polar surface area (TPSA) is 66.5 Å². The van der Waals surface area contributed by atoms with Crippen molar-refractivity contribution in [2.75, 3.05) is 5.32 Å². The Bertz CT molecular complexity index is 1200. The number of anilines is 1. The largest absolute Gasteiger partial charge is 0.324 e. The standard InChI is InChI=1S/C28H27BrN2O3/c1-14-11-22(15(2)10-21(14)29)30-26(32)23(12-16-6-4-3-5-7-16)31-27(33)24-17-8-9-18(20-13-19(17)20)25(24)28(31)34/h3-11,17-20,23-25H,12-13H2,1-2H3,(H,30,32)/t17-,18-,19-,20-,23+,24-,25+/m1/s1. The molecule has 2 aromatic carbocycles. The fraction of sp³-hybridized carbons (Fsp3) is 0.393. The molecule has 5 aliphatic rings. The van der Waals surface area contributed by atoms with Gasteiger partial charge in [0.05, 0.1) is 11.8 Å². The zero-order chi connectivity index (χ0) is 23.7. The molecule has 6 heteroatoms. The van der Waals surface area contributed by atoms with Crippen LogP contribution in [-0.2, 0) is 20.8 Å². The van der Waals surface area contributed by atoms with Crippen LogP contribution in [0.3, 0.4) is 0 Å². The number of nitrogens with zero attached hydrogens (tertiary/aromatic N) is 1. The minimum absolute atomic E-state index is 0.137. The number of benzene rings is 2. The zero-order valence-electron chi connectivity index (χ0n) is 19.2. The van der Waals surface area contributed by atoms with E-state index in [-0.39, 0.29) is 41.4 Å². The molecule has 34 heavy (non-hydrogen) atoms. The Labute approximate surface area is 207 Å². The van der Waals surface area contributed by atoms with Crippen molar-refractivity contribution >= 4 is 39.3 Å². The van der Waals surface area contributed by atoms with Gasteiger partial charge in [0, 0.05) is 16.6 Å². The smallest absolute Gasteiger partial charge is 0.248 e. The third kappa shape index (κ3) is 3.29. The van der Waals surface area contributed by atoms with Gasteiger partial charge in [0.2, 0.25) is 17.7 Å². The average molecular weight is 519 g/mol. The van der Waals surface area contributed by atoms with Crippen molar-refractivity contribution in [3.8, 4) is 0 Å². The van der Waals surface area contributed by atoms with Gasteiger partial charge in [0.25, 0.3) is 0 Å². The van der Waals surface area contributed by atoms with E-state index < -0.39 is 6.04 Å². The number of carbonyl (C=O) groups is 3. The first-order valence-electron chi connectivity index (χ1n) is 12.0. The van der Waals surface area contributed by atoms with E-state index in [4.69, 9.17) is 0 Å². The summed E-state index contributed by atoms with van der Waals surface area (Å²) in [6.45, 7) is 3.90. The molecule has 4 aliphatic carbocycles. The van der Waals surface area contributed by atoms with Crippen molar-refractivity contribution in [1.82, 2.24) is 4.90 Å². The highest BCUT2D eigenvalue weighted by molar-refractivity contribution is 9.10. The van der Waals surface area contributed by atoms with Crippen molar-refractivity contribution in [1.29, 1.82) is 0 Å². The van der Waals surface area contributed by atoms with Gasteiger partial charge in [-0.3, -0.25) is 19.3 Å². The summed E-state index contributed by atoms with van der Waals surface area (Å²) in [4.78, 5) is 42.5. The van der Waals surface area contributed by atoms with Crippen LogP contribution in [0.4, 0.5) is 5.69 Å². The normalized spacial score (nSPS) is 31.3. The molecule has 7 rings (SSSR count). The lowest BCUT2D eigenvalue weighted by atomic mass is 9.63. The van der Waals surface area contributed by atoms with Crippen LogP contribution >= 0.6 is 15.9 Å². The summed E-state index contributed by atoms with van der Waals surface area (Å²) in [5, 5.41) is 3.03. The number of imide groups is 1. The molecule has 1 aliphatic heterocycles. The third-order valence-corrected chi connectivity index (χ3v) is 9.20. The van der Waals surface area contributed by atoms with Crippen LogP contribution in [0.15, 0.2) is 59.1 Å². The minimum Gasteiger partial charge on any atom is -0.324 e. The van der Waals surface area contributed by atoms with E-state index in [0.29, 0.717) is 23.9 Å². The van der Waals surface area contributed by atoms with Gasteiger partial charge in [-0.25, -0.2) is 0 Å². The monoisotopic (exact) mass is 518 g/mol. The second-order valence-corrected chi connectivity index (χ2v) is 11.2. The molecule has 1 saturated heterocycles. The van der Waals surface area contributed by atoms with Crippen LogP contribution in [0.25, 0.3) is 0 Å². The van der Waals surface area contributed by atoms with E-state index in [1.807, 2.05) is 56.3 Å². The summed E-state index contributed by atoms with van der Waals surface area (Å²) in [7, 11) is 0. The number of nitrogens with one attached hydrogen (secondary N) is 1. The molecule has 2 saturated carbocycles. The molecular weight excluding hydrogens is 492 g/mol. The third-order valence-electron chi connectivity index (χ3n) is 8.35. The number of likely N-dealkylation sites (tertiary alicyclic amines) is 1. The van der Waals surface area contributed by atoms with Gasteiger partial charge in [0.1, 0.15) is 6.04 Å². The second-order valence-electron chi connectivity index (χ2n) is 10.3. The summed E-state index contributed by atoms with van der Waals surface area (Å²) in [5.74, 6) is 0.0587. The Balaban J connectivity index is 1.34. The first kappa shape index (κ1) is 21.8. The maximum atomic E-state index is 13.7. The Morgan fingerprint density at radius 1 is 1.00 bits per heavy atom. The van der Waals surface area contributed by atoms with Gasteiger partial charge in [-0.2, -0.15) is 0 Å². The van der Waals surface area contributed by atoms with E-state index in [0.717, 1.165) is 27.6 Å². The fourth-order valence-electron chi connectivity index (χ4n) is 6.56. The molecule has 3 fully saturated rings. The molecule has 1 N–H and O–H groups in total. The van der Waals surface area contributed by atoms with E-state index in [9.17, 15) is 14.4 Å². The maximum Gasteiger partial charge on any atom is 0.248 e. The van der Waals surface area contributed by atoms with Gasteiger partial charge in [-0.1, -0.05) is 58.4 Å². The van der Waals surface area contributed by atoms with Crippen molar-refractivity contribution < 1.29 is 14.4 Å². The second kappa shape index (κ2) is 7.91. The Morgan fingerprint density at radius 2 is 1.62 bits per heavy atom. The molecule has 0 spiro atoms. The van der Waals surface area contributed by atoms with Crippen LogP contribution in [0.1, 0.15) is 23.1 Å². The van der Waals surface area contributed by atoms with E-state index >= 15 is 0 Å². The summed E-state index contributed by atoms with van der Waals surface area (Å²) in [6, 6.07) is 12.6. The fourth-order valence-corrected chi connectivity index (χ4v) is 7.02. The molecule has 3 amide bonds. The Kier molecular flexibility index (Phi) is 5.07. The number of rotatable bonds is 5. The number of hydrogen-bond donors (Lipinski definition) is 1. The first-order valence-corrected chi connectivity index (χ1v) is 12.8. The molecule has 2 bridgehead atoms. The highest BCUT2D eigenvalue weighted by Crippen LogP contribution is 2.65. The average Bonchev–Trinajstić information content (AvgIpc) is 3.60. The highest BCUT2D eigenvalue weighted by Gasteiger charge is 2.67. The predicted octanol–water partition coefficient (Wildman–Crippen LogP) is 4.67. The van der Waals surface area contributed by atoms with Crippen LogP contribution in [0.5, 0.6) is 0 Å². The van der Waals surface area contributed by atoms with E-state index in [2.05, 4.69) is 33.4 Å². The minimum atomic E-state index is -0.882. The molecule has 5 nitrogen and oxygen atoms in total. The Hall–Kier alpha value is -2.73. The number of halogens is 1. The summed E-state index contributed by atoms with van der Waals surface area (Å²) >= 11 is 3.53. The number of carbonyl (C=O) groups excluding carboxylic acids is 3. The molecule has 0 aromatic heterocycles. The maximum absolute atomic E-state index is 13.7. The van der Waals surface area contributed by atoms with Crippen LogP contribution in [0, 0.1) is 49.4 Å². The van der Waals surface area contributed by atoms with Crippen LogP contribution in [-0.4, -0.2) is 28.7 Å². The van der Waals surface area contributed by atoms with Gasteiger partial charge in [-0.15, -0.1) is 0 Å². The van der Waals surface area contributed by atoms with Gasteiger partial charge in [0.15, 0.2) is 0 Å². The summed E-state index contributed by atoms with van der Waals surface area (Å²) in [6.07, 6.45) is 5.74. The van der Waals surface area contributed by atoms with Gasteiger partial charge < -0.3 is 5.32 Å². The lowest BCUT2D eigenvalue weighted by Gasteiger charge is -2.37. The summed E-state index contributed by atoms with van der Waals surface area (Å²) < 4.78 is 0.972. The first-order chi connectivity index (χ1) is 16.3. The highest BCUT2D eigenvalue weighted by atomic mass is 79.9. The van der Waals surface area contributed by atoms with E-state index in [1.54, 1.807) is 0 Å². The zero-order valence-corrected chi connectivity index (χ0v) is 20.8.